The van der Waals surface area contributed by atoms with E-state index in [1.54, 1.807) is 0 Å². The summed E-state index contributed by atoms with van der Waals surface area (Å²) in [5.74, 6) is 0.185. The number of primary amides is 1. The molecule has 14 heavy (non-hydrogen) atoms. The molecule has 0 aromatic carbocycles. The lowest BCUT2D eigenvalue weighted by atomic mass is 9.68. The Balaban J connectivity index is 2.67. The van der Waals surface area contributed by atoms with E-state index in [0.717, 1.165) is 6.42 Å². The van der Waals surface area contributed by atoms with Crippen LogP contribution >= 0.6 is 0 Å². The highest BCUT2D eigenvalue weighted by atomic mass is 16.3. The smallest absolute Gasteiger partial charge is 0.220 e. The predicted octanol–water partition coefficient (Wildman–Crippen LogP) is 1.29. The summed E-state index contributed by atoms with van der Waals surface area (Å²) in [5, 5.41) is 10.3. The molecule has 0 aromatic heterocycles. The molecule has 0 spiro atoms. The van der Waals surface area contributed by atoms with Crippen molar-refractivity contribution in [2.45, 2.75) is 45.6 Å². The Morgan fingerprint density at radius 2 is 2.14 bits per heavy atom. The molecule has 1 aliphatic carbocycles. The number of rotatable bonds is 2. The van der Waals surface area contributed by atoms with Crippen molar-refractivity contribution < 1.29 is 9.90 Å². The van der Waals surface area contributed by atoms with Crippen LogP contribution in [-0.2, 0) is 4.79 Å². The predicted molar refractivity (Wildman–Crippen MR) is 55.5 cm³/mol. The fraction of sp³-hybridized carbons (Fsp3) is 0.909. The van der Waals surface area contributed by atoms with Crippen LogP contribution in [0.4, 0.5) is 0 Å². The van der Waals surface area contributed by atoms with Gasteiger partial charge in [0, 0.05) is 5.92 Å². The summed E-state index contributed by atoms with van der Waals surface area (Å²) in [5.41, 5.74) is 4.71. The monoisotopic (exact) mass is 199 g/mol. The second-order valence-electron chi connectivity index (χ2n) is 4.99. The molecule has 0 heterocycles. The molecule has 3 heteroatoms. The van der Waals surface area contributed by atoms with Crippen LogP contribution in [0.15, 0.2) is 0 Å². The van der Waals surface area contributed by atoms with Crippen molar-refractivity contribution in [3.8, 4) is 0 Å². The van der Waals surface area contributed by atoms with Crippen molar-refractivity contribution in [3.63, 3.8) is 0 Å². The van der Waals surface area contributed by atoms with Gasteiger partial charge < -0.3 is 10.8 Å². The fourth-order valence-corrected chi connectivity index (χ4v) is 2.44. The first-order valence-electron chi connectivity index (χ1n) is 5.38. The number of carbonyl (C=O) groups is 1. The summed E-state index contributed by atoms with van der Waals surface area (Å²) in [6, 6.07) is 0. The first-order chi connectivity index (χ1) is 6.37. The van der Waals surface area contributed by atoms with E-state index in [-0.39, 0.29) is 23.7 Å². The number of hydrogen-bond donors (Lipinski definition) is 2. The van der Waals surface area contributed by atoms with Gasteiger partial charge in [0.1, 0.15) is 0 Å². The van der Waals surface area contributed by atoms with Crippen molar-refractivity contribution in [1.29, 1.82) is 0 Å². The van der Waals surface area contributed by atoms with Crippen LogP contribution in [0, 0.1) is 17.8 Å². The topological polar surface area (TPSA) is 63.3 Å². The van der Waals surface area contributed by atoms with Crippen molar-refractivity contribution in [1.82, 2.24) is 0 Å². The van der Waals surface area contributed by atoms with Crippen LogP contribution in [-0.4, -0.2) is 16.6 Å². The molecular formula is C11H21NO2. The third kappa shape index (κ3) is 2.08. The zero-order valence-corrected chi connectivity index (χ0v) is 9.29. The minimum atomic E-state index is -0.592. The molecule has 1 fully saturated rings. The lowest BCUT2D eigenvalue weighted by molar-refractivity contribution is -0.129. The van der Waals surface area contributed by atoms with Gasteiger partial charge in [-0.15, -0.1) is 0 Å². The molecule has 1 rings (SSSR count). The zero-order valence-electron chi connectivity index (χ0n) is 9.29. The maximum atomic E-state index is 11.1. The Labute approximate surface area is 85.7 Å². The van der Waals surface area contributed by atoms with Crippen molar-refractivity contribution in [3.05, 3.63) is 0 Å². The normalized spacial score (nSPS) is 38.6. The van der Waals surface area contributed by atoms with Gasteiger partial charge in [0.25, 0.3) is 0 Å². The molecule has 3 N–H and O–H groups in total. The van der Waals surface area contributed by atoms with Crippen LogP contribution in [0.1, 0.15) is 40.0 Å². The fourth-order valence-electron chi connectivity index (χ4n) is 2.44. The quantitative estimate of drug-likeness (QED) is 0.704. The maximum absolute atomic E-state index is 11.1. The van der Waals surface area contributed by atoms with Crippen LogP contribution in [0.25, 0.3) is 0 Å². The molecule has 0 saturated heterocycles. The Kier molecular flexibility index (Phi) is 3.20. The van der Waals surface area contributed by atoms with Gasteiger partial charge in [0.2, 0.25) is 5.91 Å². The minimum absolute atomic E-state index is 0.0472. The maximum Gasteiger partial charge on any atom is 0.220 e. The van der Waals surface area contributed by atoms with E-state index in [4.69, 9.17) is 5.73 Å². The van der Waals surface area contributed by atoms with Gasteiger partial charge >= 0.3 is 0 Å². The lowest BCUT2D eigenvalue weighted by Gasteiger charge is -2.41. The van der Waals surface area contributed by atoms with Crippen molar-refractivity contribution in [2.24, 2.45) is 23.5 Å². The lowest BCUT2D eigenvalue weighted by Crippen LogP contribution is -2.45. The molecule has 1 aliphatic rings. The van der Waals surface area contributed by atoms with Gasteiger partial charge in [-0.05, 0) is 31.1 Å². The standard InChI is InChI=1S/C11H21NO2/c1-7(2)11(14)5-4-9(10(12)13)8(3)6-11/h7-9,14H,4-6H2,1-3H3,(H2,12,13). The summed E-state index contributed by atoms with van der Waals surface area (Å²) in [7, 11) is 0. The van der Waals surface area contributed by atoms with Gasteiger partial charge in [0.15, 0.2) is 0 Å². The largest absolute Gasteiger partial charge is 0.390 e. The summed E-state index contributed by atoms with van der Waals surface area (Å²) in [6.07, 6.45) is 2.12. The van der Waals surface area contributed by atoms with E-state index >= 15 is 0 Å². The number of amides is 1. The third-order valence-electron chi connectivity index (χ3n) is 3.69. The van der Waals surface area contributed by atoms with Crippen LogP contribution in [0.2, 0.25) is 0 Å². The first kappa shape index (κ1) is 11.5. The molecule has 3 nitrogen and oxygen atoms in total. The molecule has 82 valence electrons. The minimum Gasteiger partial charge on any atom is -0.390 e. The van der Waals surface area contributed by atoms with Gasteiger partial charge in [0.05, 0.1) is 5.60 Å². The highest BCUT2D eigenvalue weighted by Gasteiger charge is 2.41. The summed E-state index contributed by atoms with van der Waals surface area (Å²) >= 11 is 0. The Bertz CT molecular complexity index is 227. The van der Waals surface area contributed by atoms with E-state index in [0.29, 0.717) is 12.8 Å². The molecule has 3 unspecified atom stereocenters. The van der Waals surface area contributed by atoms with E-state index in [2.05, 4.69) is 0 Å². The Hall–Kier alpha value is -0.570. The van der Waals surface area contributed by atoms with E-state index in [9.17, 15) is 9.90 Å². The SMILES string of the molecule is CC1CC(O)(C(C)C)CCC1C(N)=O. The second-order valence-corrected chi connectivity index (χ2v) is 4.99. The van der Waals surface area contributed by atoms with Gasteiger partial charge in [-0.3, -0.25) is 4.79 Å². The summed E-state index contributed by atoms with van der Waals surface area (Å²) < 4.78 is 0. The van der Waals surface area contributed by atoms with E-state index in [1.165, 1.54) is 0 Å². The molecule has 1 amide bonds. The third-order valence-corrected chi connectivity index (χ3v) is 3.69. The van der Waals surface area contributed by atoms with Gasteiger partial charge in [-0.2, -0.15) is 0 Å². The van der Waals surface area contributed by atoms with Crippen LogP contribution in [0.3, 0.4) is 0 Å². The average Bonchev–Trinajstić information content (AvgIpc) is 2.02. The summed E-state index contributed by atoms with van der Waals surface area (Å²) in [4.78, 5) is 11.1. The molecule has 0 radical (unpaired) electrons. The van der Waals surface area contributed by atoms with Gasteiger partial charge in [-0.25, -0.2) is 0 Å². The van der Waals surface area contributed by atoms with Crippen molar-refractivity contribution >= 4 is 5.91 Å². The van der Waals surface area contributed by atoms with Crippen molar-refractivity contribution in [2.75, 3.05) is 0 Å². The van der Waals surface area contributed by atoms with Gasteiger partial charge in [-0.1, -0.05) is 20.8 Å². The number of hydrogen-bond acceptors (Lipinski definition) is 2. The summed E-state index contributed by atoms with van der Waals surface area (Å²) in [6.45, 7) is 6.05. The first-order valence-corrected chi connectivity index (χ1v) is 5.38. The Morgan fingerprint density at radius 1 is 1.57 bits per heavy atom. The molecule has 0 bridgehead atoms. The highest BCUT2D eigenvalue weighted by molar-refractivity contribution is 5.77. The number of carbonyl (C=O) groups excluding carboxylic acids is 1. The highest BCUT2D eigenvalue weighted by Crippen LogP contribution is 2.40. The van der Waals surface area contributed by atoms with E-state index in [1.807, 2.05) is 20.8 Å². The number of nitrogens with two attached hydrogens (primary N) is 1. The molecule has 3 atom stereocenters. The van der Waals surface area contributed by atoms with E-state index < -0.39 is 5.60 Å². The second kappa shape index (κ2) is 3.89. The molecule has 0 aliphatic heterocycles. The molecular weight excluding hydrogens is 178 g/mol. The van der Waals surface area contributed by atoms with Crippen LogP contribution < -0.4 is 5.73 Å². The average molecular weight is 199 g/mol. The Morgan fingerprint density at radius 3 is 2.50 bits per heavy atom. The zero-order chi connectivity index (χ0) is 10.9. The molecule has 1 saturated carbocycles. The molecule has 0 aromatic rings. The number of aliphatic hydroxyl groups is 1. The van der Waals surface area contributed by atoms with Crippen LogP contribution in [0.5, 0.6) is 0 Å².